The lowest BCUT2D eigenvalue weighted by atomic mass is 10.3. The van der Waals surface area contributed by atoms with Crippen LogP contribution >= 0.6 is 23.2 Å². The van der Waals surface area contributed by atoms with Gasteiger partial charge in [-0.05, 0) is 12.1 Å². The van der Waals surface area contributed by atoms with Gasteiger partial charge in [-0.25, -0.2) is 0 Å². The molecule has 0 unspecified atom stereocenters. The Balaban J connectivity index is 1.88. The van der Waals surface area contributed by atoms with Gasteiger partial charge in [0.25, 0.3) is 0 Å². The summed E-state index contributed by atoms with van der Waals surface area (Å²) in [5, 5.41) is 9.32. The highest BCUT2D eigenvalue weighted by Gasteiger charge is 2.28. The zero-order valence-electron chi connectivity index (χ0n) is 11.5. The lowest BCUT2D eigenvalue weighted by Crippen LogP contribution is -2.22. The molecule has 0 aliphatic carbocycles. The highest BCUT2D eigenvalue weighted by molar-refractivity contribution is 6.44. The van der Waals surface area contributed by atoms with Gasteiger partial charge >= 0.3 is 6.18 Å². The highest BCUT2D eigenvalue weighted by Crippen LogP contribution is 2.29. The quantitative estimate of drug-likeness (QED) is 0.845. The summed E-state index contributed by atoms with van der Waals surface area (Å²) in [6.07, 6.45) is -3.19. The normalized spacial score (nSPS) is 11.3. The summed E-state index contributed by atoms with van der Waals surface area (Å²) in [6, 6.07) is 6.11. The molecule has 10 heteroatoms. The van der Waals surface area contributed by atoms with Crippen LogP contribution in [-0.2, 0) is 11.3 Å². The fourth-order valence-corrected chi connectivity index (χ4v) is 2.04. The molecule has 124 valence electrons. The van der Waals surface area contributed by atoms with Crippen molar-refractivity contribution in [2.24, 2.45) is 0 Å². The van der Waals surface area contributed by atoms with Gasteiger partial charge in [0.05, 0.1) is 22.3 Å². The number of hydrogen-bond acceptors (Lipinski definition) is 3. The maximum absolute atomic E-state index is 12.2. The summed E-state index contributed by atoms with van der Waals surface area (Å²) in [6.45, 7) is -1.38. The van der Waals surface area contributed by atoms with Crippen molar-refractivity contribution < 1.29 is 18.0 Å². The van der Waals surface area contributed by atoms with Crippen molar-refractivity contribution in [3.63, 3.8) is 0 Å². The Morgan fingerprint density at radius 3 is 2.70 bits per heavy atom. The second-order valence-electron chi connectivity index (χ2n) is 4.52. The Bertz CT molecular complexity index is 703. The van der Waals surface area contributed by atoms with Crippen molar-refractivity contribution in [1.29, 1.82) is 0 Å². The maximum atomic E-state index is 12.2. The molecule has 0 fully saturated rings. The van der Waals surface area contributed by atoms with Crippen LogP contribution in [0.25, 0.3) is 0 Å². The third-order valence-electron chi connectivity index (χ3n) is 2.64. The highest BCUT2D eigenvalue weighted by atomic mass is 35.5. The monoisotopic (exact) mass is 366 g/mol. The van der Waals surface area contributed by atoms with Crippen LogP contribution in [0, 0.1) is 0 Å². The van der Waals surface area contributed by atoms with E-state index in [-0.39, 0.29) is 17.4 Å². The van der Waals surface area contributed by atoms with E-state index in [2.05, 4.69) is 15.7 Å². The molecule has 1 amide bonds. The zero-order chi connectivity index (χ0) is 17.0. The molecule has 1 aromatic carbocycles. The van der Waals surface area contributed by atoms with E-state index in [0.29, 0.717) is 10.7 Å². The first-order chi connectivity index (χ1) is 10.7. The maximum Gasteiger partial charge on any atom is 0.408 e. The minimum absolute atomic E-state index is 0.154. The second kappa shape index (κ2) is 7.10. The van der Waals surface area contributed by atoms with Crippen molar-refractivity contribution in [2.45, 2.75) is 12.7 Å². The van der Waals surface area contributed by atoms with Gasteiger partial charge in [-0.15, -0.1) is 0 Å². The average molecular weight is 367 g/mol. The van der Waals surface area contributed by atoms with Crippen LogP contribution < -0.4 is 10.6 Å². The van der Waals surface area contributed by atoms with Gasteiger partial charge < -0.3 is 10.6 Å². The molecule has 0 radical (unpaired) electrons. The summed E-state index contributed by atoms with van der Waals surface area (Å²) in [4.78, 5) is 11.8. The molecule has 1 heterocycles. The van der Waals surface area contributed by atoms with Crippen LogP contribution in [0.2, 0.25) is 10.0 Å². The molecule has 0 saturated carbocycles. The number of benzene rings is 1. The van der Waals surface area contributed by atoms with E-state index in [1.807, 2.05) is 0 Å². The van der Waals surface area contributed by atoms with Crippen LogP contribution in [0.1, 0.15) is 0 Å². The predicted molar refractivity (Wildman–Crippen MR) is 81.9 cm³/mol. The first kappa shape index (κ1) is 17.4. The van der Waals surface area contributed by atoms with E-state index in [1.165, 1.54) is 12.3 Å². The minimum Gasteiger partial charge on any atom is -0.360 e. The van der Waals surface area contributed by atoms with E-state index in [1.54, 1.807) is 18.2 Å². The van der Waals surface area contributed by atoms with E-state index in [4.69, 9.17) is 23.2 Å². The van der Waals surface area contributed by atoms with E-state index < -0.39 is 18.6 Å². The molecule has 0 aliphatic rings. The summed E-state index contributed by atoms with van der Waals surface area (Å²) >= 11 is 11.8. The fraction of sp³-hybridized carbons (Fsp3) is 0.231. The number of amides is 1. The Labute approximate surface area is 139 Å². The number of halogens is 5. The van der Waals surface area contributed by atoms with Gasteiger partial charge in [-0.3, -0.25) is 9.48 Å². The Kier molecular flexibility index (Phi) is 5.38. The topological polar surface area (TPSA) is 59.0 Å². The van der Waals surface area contributed by atoms with Gasteiger partial charge in [0, 0.05) is 12.3 Å². The number of anilines is 2. The average Bonchev–Trinajstić information content (AvgIpc) is 2.87. The molecule has 0 aliphatic heterocycles. The molecular formula is C13H11Cl2F3N4O. The Morgan fingerprint density at radius 1 is 1.26 bits per heavy atom. The first-order valence-electron chi connectivity index (χ1n) is 6.32. The summed E-state index contributed by atoms with van der Waals surface area (Å²) in [5.41, 5.74) is 0.341. The Hall–Kier alpha value is -1.93. The number of nitrogens with one attached hydrogen (secondary N) is 2. The largest absolute Gasteiger partial charge is 0.408 e. The predicted octanol–water partition coefficient (Wildman–Crippen LogP) is 3.80. The minimum atomic E-state index is -4.36. The van der Waals surface area contributed by atoms with Crippen LogP contribution in [0.15, 0.2) is 30.5 Å². The van der Waals surface area contributed by atoms with Crippen molar-refractivity contribution >= 4 is 40.6 Å². The zero-order valence-corrected chi connectivity index (χ0v) is 13.0. The Morgan fingerprint density at radius 2 is 2.00 bits per heavy atom. The van der Waals surface area contributed by atoms with Crippen molar-refractivity contribution in [3.05, 3.63) is 40.5 Å². The molecule has 1 aromatic heterocycles. The number of carbonyl (C=O) groups excluding carboxylic acids is 1. The SMILES string of the molecule is O=C(CNc1ccn(CC(F)(F)F)n1)Nc1cccc(Cl)c1Cl. The van der Waals surface area contributed by atoms with Gasteiger partial charge in [0.1, 0.15) is 12.4 Å². The fourth-order valence-electron chi connectivity index (χ4n) is 1.69. The van der Waals surface area contributed by atoms with Crippen molar-refractivity contribution in [3.8, 4) is 0 Å². The molecule has 0 spiro atoms. The van der Waals surface area contributed by atoms with Crippen LogP contribution in [-0.4, -0.2) is 28.4 Å². The summed E-state index contributed by atoms with van der Waals surface area (Å²) in [5.74, 6) is -0.291. The number of alkyl halides is 3. The van der Waals surface area contributed by atoms with Crippen LogP contribution in [0.3, 0.4) is 0 Å². The lowest BCUT2D eigenvalue weighted by Gasteiger charge is -2.09. The van der Waals surface area contributed by atoms with Gasteiger partial charge in [0.2, 0.25) is 5.91 Å². The van der Waals surface area contributed by atoms with Crippen LogP contribution in [0.5, 0.6) is 0 Å². The van der Waals surface area contributed by atoms with Crippen molar-refractivity contribution in [2.75, 3.05) is 17.2 Å². The molecule has 5 nitrogen and oxygen atoms in total. The molecule has 0 bridgehead atoms. The standard InChI is InChI=1S/C13H11Cl2F3N4O/c14-8-2-1-3-9(12(8)15)20-11(23)6-19-10-4-5-22(21-10)7-13(16,17)18/h1-5H,6-7H2,(H,19,21)(H,20,23). The van der Waals surface area contributed by atoms with E-state index >= 15 is 0 Å². The van der Waals surface area contributed by atoms with Gasteiger partial charge in [-0.1, -0.05) is 29.3 Å². The molecular weight excluding hydrogens is 356 g/mol. The third-order valence-corrected chi connectivity index (χ3v) is 3.46. The molecule has 2 rings (SSSR count). The van der Waals surface area contributed by atoms with E-state index in [0.717, 1.165) is 4.68 Å². The molecule has 23 heavy (non-hydrogen) atoms. The van der Waals surface area contributed by atoms with Gasteiger partial charge in [0.15, 0.2) is 0 Å². The molecule has 2 N–H and O–H groups in total. The first-order valence-corrected chi connectivity index (χ1v) is 7.08. The second-order valence-corrected chi connectivity index (χ2v) is 5.30. The third kappa shape index (κ3) is 5.33. The smallest absolute Gasteiger partial charge is 0.360 e. The number of rotatable bonds is 5. The molecule has 0 saturated heterocycles. The number of nitrogens with zero attached hydrogens (tertiary/aromatic N) is 2. The number of hydrogen-bond donors (Lipinski definition) is 2. The summed E-state index contributed by atoms with van der Waals surface area (Å²) in [7, 11) is 0. The molecule has 0 atom stereocenters. The van der Waals surface area contributed by atoms with Crippen LogP contribution in [0.4, 0.5) is 24.7 Å². The van der Waals surface area contributed by atoms with Gasteiger partial charge in [-0.2, -0.15) is 18.3 Å². The molecule has 2 aromatic rings. The lowest BCUT2D eigenvalue weighted by molar-refractivity contribution is -0.142. The number of aromatic nitrogens is 2. The summed E-state index contributed by atoms with van der Waals surface area (Å²) < 4.78 is 37.4. The van der Waals surface area contributed by atoms with E-state index in [9.17, 15) is 18.0 Å². The van der Waals surface area contributed by atoms with Crippen molar-refractivity contribution in [1.82, 2.24) is 9.78 Å². The number of carbonyl (C=O) groups is 1.